The van der Waals surface area contributed by atoms with Crippen molar-refractivity contribution in [2.24, 2.45) is 5.92 Å². The minimum Gasteiger partial charge on any atom is -0.494 e. The molecule has 0 radical (unpaired) electrons. The van der Waals surface area contributed by atoms with Gasteiger partial charge in [-0.25, -0.2) is 0 Å². The van der Waals surface area contributed by atoms with E-state index in [1.165, 1.54) is 5.56 Å². The molecule has 0 amide bonds. The van der Waals surface area contributed by atoms with Crippen molar-refractivity contribution in [1.82, 2.24) is 5.32 Å². The molecule has 0 aromatic heterocycles. The standard InChI is InChI=1S/C15H25NO/c1-12(2)9-10-17-15-7-5-14(6-8-15)11-13(3)16-4/h5-8,12-13,16H,9-11H2,1-4H3/t13-/m1/s1. The number of ether oxygens (including phenoxy) is 1. The van der Waals surface area contributed by atoms with Gasteiger partial charge in [0.15, 0.2) is 0 Å². The van der Waals surface area contributed by atoms with Gasteiger partial charge in [-0.05, 0) is 50.4 Å². The molecule has 1 atom stereocenters. The molecule has 1 aromatic rings. The predicted molar refractivity (Wildman–Crippen MR) is 73.6 cm³/mol. The number of hydrogen-bond acceptors (Lipinski definition) is 2. The van der Waals surface area contributed by atoms with Crippen LogP contribution in [0.5, 0.6) is 5.75 Å². The highest BCUT2D eigenvalue weighted by molar-refractivity contribution is 5.27. The summed E-state index contributed by atoms with van der Waals surface area (Å²) in [5, 5.41) is 3.24. The zero-order valence-corrected chi connectivity index (χ0v) is 11.5. The van der Waals surface area contributed by atoms with E-state index >= 15 is 0 Å². The molecule has 0 fully saturated rings. The van der Waals surface area contributed by atoms with Crippen LogP contribution in [0.4, 0.5) is 0 Å². The van der Waals surface area contributed by atoms with Crippen molar-refractivity contribution >= 4 is 0 Å². The Labute approximate surface area is 105 Å². The Hall–Kier alpha value is -1.02. The molecule has 0 saturated heterocycles. The average molecular weight is 235 g/mol. The van der Waals surface area contributed by atoms with Gasteiger partial charge in [0, 0.05) is 6.04 Å². The van der Waals surface area contributed by atoms with Gasteiger partial charge in [-0.1, -0.05) is 26.0 Å². The number of benzene rings is 1. The molecule has 1 rings (SSSR count). The average Bonchev–Trinajstić information content (AvgIpc) is 2.31. The Morgan fingerprint density at radius 3 is 2.29 bits per heavy atom. The molecule has 0 heterocycles. The second kappa shape index (κ2) is 7.33. The highest BCUT2D eigenvalue weighted by Crippen LogP contribution is 2.14. The van der Waals surface area contributed by atoms with Crippen LogP contribution in [0.2, 0.25) is 0 Å². The van der Waals surface area contributed by atoms with Crippen LogP contribution in [0.15, 0.2) is 24.3 Å². The number of nitrogens with one attached hydrogen (secondary N) is 1. The first-order valence-corrected chi connectivity index (χ1v) is 6.50. The molecule has 1 N–H and O–H groups in total. The summed E-state index contributed by atoms with van der Waals surface area (Å²) >= 11 is 0. The lowest BCUT2D eigenvalue weighted by Gasteiger charge is -2.11. The minimum atomic E-state index is 0.516. The van der Waals surface area contributed by atoms with Gasteiger partial charge in [0.25, 0.3) is 0 Å². The van der Waals surface area contributed by atoms with Gasteiger partial charge in [-0.2, -0.15) is 0 Å². The first-order valence-electron chi connectivity index (χ1n) is 6.50. The second-order valence-electron chi connectivity index (χ2n) is 5.07. The van der Waals surface area contributed by atoms with E-state index in [4.69, 9.17) is 4.74 Å². The van der Waals surface area contributed by atoms with E-state index in [1.54, 1.807) is 0 Å². The topological polar surface area (TPSA) is 21.3 Å². The van der Waals surface area contributed by atoms with Crippen LogP contribution in [0, 0.1) is 5.92 Å². The van der Waals surface area contributed by atoms with Crippen molar-refractivity contribution in [1.29, 1.82) is 0 Å². The number of hydrogen-bond donors (Lipinski definition) is 1. The summed E-state index contributed by atoms with van der Waals surface area (Å²) in [4.78, 5) is 0. The fourth-order valence-electron chi connectivity index (χ4n) is 1.59. The van der Waals surface area contributed by atoms with Crippen molar-refractivity contribution in [2.45, 2.75) is 39.7 Å². The Balaban J connectivity index is 2.39. The van der Waals surface area contributed by atoms with Crippen LogP contribution in [0.1, 0.15) is 32.8 Å². The molecule has 2 nitrogen and oxygen atoms in total. The van der Waals surface area contributed by atoms with Gasteiger partial charge < -0.3 is 10.1 Å². The number of rotatable bonds is 7. The minimum absolute atomic E-state index is 0.516. The van der Waals surface area contributed by atoms with Gasteiger partial charge in [-0.3, -0.25) is 0 Å². The maximum atomic E-state index is 5.69. The summed E-state index contributed by atoms with van der Waals surface area (Å²) in [6.45, 7) is 7.42. The summed E-state index contributed by atoms with van der Waals surface area (Å²) in [5.41, 5.74) is 1.35. The van der Waals surface area contributed by atoms with E-state index in [9.17, 15) is 0 Å². The third kappa shape index (κ3) is 5.73. The van der Waals surface area contributed by atoms with Crippen molar-refractivity contribution < 1.29 is 4.74 Å². The first-order chi connectivity index (χ1) is 8.11. The molecular weight excluding hydrogens is 210 g/mol. The second-order valence-corrected chi connectivity index (χ2v) is 5.07. The van der Waals surface area contributed by atoms with Crippen LogP contribution in [0.3, 0.4) is 0 Å². The maximum Gasteiger partial charge on any atom is 0.119 e. The molecule has 0 bridgehead atoms. The van der Waals surface area contributed by atoms with Crippen LogP contribution in [0.25, 0.3) is 0 Å². The van der Waals surface area contributed by atoms with Gasteiger partial charge >= 0.3 is 0 Å². The largest absolute Gasteiger partial charge is 0.494 e. The lowest BCUT2D eigenvalue weighted by molar-refractivity contribution is 0.289. The van der Waals surface area contributed by atoms with E-state index < -0.39 is 0 Å². The highest BCUT2D eigenvalue weighted by atomic mass is 16.5. The number of likely N-dealkylation sites (N-methyl/N-ethyl adjacent to an activating group) is 1. The van der Waals surface area contributed by atoms with Crippen LogP contribution >= 0.6 is 0 Å². The zero-order chi connectivity index (χ0) is 12.7. The third-order valence-electron chi connectivity index (χ3n) is 2.92. The lowest BCUT2D eigenvalue weighted by Crippen LogP contribution is -2.23. The molecule has 0 spiro atoms. The highest BCUT2D eigenvalue weighted by Gasteiger charge is 2.01. The summed E-state index contributed by atoms with van der Waals surface area (Å²) in [5.74, 6) is 1.68. The van der Waals surface area contributed by atoms with E-state index in [1.807, 2.05) is 7.05 Å². The van der Waals surface area contributed by atoms with Gasteiger partial charge in [0.1, 0.15) is 5.75 Å². The van der Waals surface area contributed by atoms with Crippen molar-refractivity contribution in [2.75, 3.05) is 13.7 Å². The zero-order valence-electron chi connectivity index (χ0n) is 11.5. The van der Waals surface area contributed by atoms with Gasteiger partial charge in [0.2, 0.25) is 0 Å². The molecule has 2 heteroatoms. The van der Waals surface area contributed by atoms with E-state index in [2.05, 4.69) is 50.4 Å². The van der Waals surface area contributed by atoms with Crippen LogP contribution < -0.4 is 10.1 Å². The summed E-state index contributed by atoms with van der Waals surface area (Å²) < 4.78 is 5.69. The molecule has 17 heavy (non-hydrogen) atoms. The van der Waals surface area contributed by atoms with Gasteiger partial charge in [-0.15, -0.1) is 0 Å². The smallest absolute Gasteiger partial charge is 0.119 e. The molecule has 0 saturated carbocycles. The van der Waals surface area contributed by atoms with Crippen molar-refractivity contribution in [3.05, 3.63) is 29.8 Å². The predicted octanol–water partition coefficient (Wildman–Crippen LogP) is 3.26. The first kappa shape index (κ1) is 14.0. The molecule has 96 valence electrons. The van der Waals surface area contributed by atoms with Crippen LogP contribution in [-0.4, -0.2) is 19.7 Å². The summed E-state index contributed by atoms with van der Waals surface area (Å²) in [7, 11) is 1.99. The maximum absolute atomic E-state index is 5.69. The molecule has 0 unspecified atom stereocenters. The lowest BCUT2D eigenvalue weighted by atomic mass is 10.1. The SMILES string of the molecule is CN[C@H](C)Cc1ccc(OCCC(C)C)cc1. The van der Waals surface area contributed by atoms with E-state index in [-0.39, 0.29) is 0 Å². The Kier molecular flexibility index (Phi) is 6.06. The van der Waals surface area contributed by atoms with Crippen molar-refractivity contribution in [3.8, 4) is 5.75 Å². The van der Waals surface area contributed by atoms with Crippen LogP contribution in [-0.2, 0) is 6.42 Å². The normalized spacial score (nSPS) is 12.8. The molecule has 0 aliphatic carbocycles. The molecule has 1 aromatic carbocycles. The Bertz CT molecular complexity index is 305. The molecule has 0 aliphatic rings. The quantitative estimate of drug-likeness (QED) is 0.783. The van der Waals surface area contributed by atoms with E-state index in [0.29, 0.717) is 12.0 Å². The summed E-state index contributed by atoms with van der Waals surface area (Å²) in [6.07, 6.45) is 2.17. The van der Waals surface area contributed by atoms with E-state index in [0.717, 1.165) is 25.2 Å². The Morgan fingerprint density at radius 1 is 1.12 bits per heavy atom. The monoisotopic (exact) mass is 235 g/mol. The molecular formula is C15H25NO. The Morgan fingerprint density at radius 2 is 1.76 bits per heavy atom. The third-order valence-corrected chi connectivity index (χ3v) is 2.92. The van der Waals surface area contributed by atoms with Gasteiger partial charge in [0.05, 0.1) is 6.61 Å². The fraction of sp³-hybridized carbons (Fsp3) is 0.600. The summed E-state index contributed by atoms with van der Waals surface area (Å²) in [6, 6.07) is 8.95. The van der Waals surface area contributed by atoms with Crippen molar-refractivity contribution in [3.63, 3.8) is 0 Å². The molecule has 0 aliphatic heterocycles. The fourth-order valence-corrected chi connectivity index (χ4v) is 1.59.